The lowest BCUT2D eigenvalue weighted by atomic mass is 9.91. The minimum absolute atomic E-state index is 0.116. The molecule has 0 spiro atoms. The molecule has 3 heteroatoms. The summed E-state index contributed by atoms with van der Waals surface area (Å²) < 4.78 is 5.46. The van der Waals surface area contributed by atoms with Crippen LogP contribution in [0, 0.1) is 13.8 Å². The van der Waals surface area contributed by atoms with Gasteiger partial charge in [0.1, 0.15) is 0 Å². The quantitative estimate of drug-likeness (QED) is 0.610. The maximum Gasteiger partial charge on any atom is 0.0641 e. The van der Waals surface area contributed by atoms with E-state index in [2.05, 4.69) is 51.3 Å². The van der Waals surface area contributed by atoms with Crippen molar-refractivity contribution in [1.82, 2.24) is 5.43 Å². The molecule has 96 valence electrons. The summed E-state index contributed by atoms with van der Waals surface area (Å²) >= 11 is 0. The predicted molar refractivity (Wildman–Crippen MR) is 71.7 cm³/mol. The van der Waals surface area contributed by atoms with E-state index in [1.54, 1.807) is 7.11 Å². The van der Waals surface area contributed by atoms with Gasteiger partial charge in [0.05, 0.1) is 5.60 Å². The number of nitrogens with two attached hydrogens (primary N) is 1. The van der Waals surface area contributed by atoms with Gasteiger partial charge in [-0.15, -0.1) is 0 Å². The Morgan fingerprint density at radius 1 is 1.35 bits per heavy atom. The number of aryl methyl sites for hydroxylation is 2. The summed E-state index contributed by atoms with van der Waals surface area (Å²) in [5.41, 5.74) is 6.48. The molecule has 3 nitrogen and oxygen atoms in total. The van der Waals surface area contributed by atoms with Gasteiger partial charge in [-0.25, -0.2) is 0 Å². The monoisotopic (exact) mass is 236 g/mol. The van der Waals surface area contributed by atoms with Gasteiger partial charge in [0.2, 0.25) is 0 Å². The van der Waals surface area contributed by atoms with Crippen molar-refractivity contribution in [3.8, 4) is 0 Å². The Kier molecular flexibility index (Phi) is 4.69. The predicted octanol–water partition coefficient (Wildman–Crippen LogP) is 2.62. The fourth-order valence-corrected chi connectivity index (χ4v) is 2.05. The zero-order chi connectivity index (χ0) is 13.1. The number of hydrogen-bond donors (Lipinski definition) is 2. The second-order valence-electron chi connectivity index (χ2n) is 5.25. The van der Waals surface area contributed by atoms with E-state index in [0.717, 1.165) is 6.42 Å². The molecule has 0 aromatic heterocycles. The standard InChI is InChI=1S/C14H24N2O/c1-10-6-7-12(11(2)8-10)13(16-15)9-14(3,4)17-5/h6-8,13,16H,9,15H2,1-5H3. The van der Waals surface area contributed by atoms with E-state index < -0.39 is 0 Å². The third kappa shape index (κ3) is 3.80. The first-order chi connectivity index (χ1) is 7.89. The molecule has 3 N–H and O–H groups in total. The summed E-state index contributed by atoms with van der Waals surface area (Å²) in [4.78, 5) is 0. The molecule has 0 heterocycles. The van der Waals surface area contributed by atoms with E-state index in [0.29, 0.717) is 0 Å². The van der Waals surface area contributed by atoms with Gasteiger partial charge >= 0.3 is 0 Å². The lowest BCUT2D eigenvalue weighted by molar-refractivity contribution is 0.00677. The van der Waals surface area contributed by atoms with Gasteiger partial charge in [-0.2, -0.15) is 0 Å². The minimum atomic E-state index is -0.186. The van der Waals surface area contributed by atoms with Gasteiger partial charge in [0.25, 0.3) is 0 Å². The Morgan fingerprint density at radius 3 is 2.47 bits per heavy atom. The van der Waals surface area contributed by atoms with E-state index in [4.69, 9.17) is 10.6 Å². The first-order valence-corrected chi connectivity index (χ1v) is 5.98. The topological polar surface area (TPSA) is 47.3 Å². The number of benzene rings is 1. The maximum absolute atomic E-state index is 5.67. The lowest BCUT2D eigenvalue weighted by Gasteiger charge is -2.29. The van der Waals surface area contributed by atoms with Gasteiger partial charge in [0, 0.05) is 13.2 Å². The van der Waals surface area contributed by atoms with Crippen molar-refractivity contribution >= 4 is 0 Å². The molecular weight excluding hydrogens is 212 g/mol. The summed E-state index contributed by atoms with van der Waals surface area (Å²) in [6.07, 6.45) is 0.837. The molecule has 17 heavy (non-hydrogen) atoms. The fourth-order valence-electron chi connectivity index (χ4n) is 2.05. The Morgan fingerprint density at radius 2 is 2.00 bits per heavy atom. The Balaban J connectivity index is 2.94. The highest BCUT2D eigenvalue weighted by Gasteiger charge is 2.24. The van der Waals surface area contributed by atoms with Crippen LogP contribution in [0.3, 0.4) is 0 Å². The maximum atomic E-state index is 5.67. The second-order valence-corrected chi connectivity index (χ2v) is 5.25. The van der Waals surface area contributed by atoms with Gasteiger partial charge in [0.15, 0.2) is 0 Å². The number of rotatable bonds is 5. The molecule has 0 fully saturated rings. The zero-order valence-electron chi connectivity index (χ0n) is 11.5. The normalized spacial score (nSPS) is 13.8. The highest BCUT2D eigenvalue weighted by atomic mass is 16.5. The van der Waals surface area contributed by atoms with E-state index in [9.17, 15) is 0 Å². The van der Waals surface area contributed by atoms with E-state index >= 15 is 0 Å². The number of hydrazine groups is 1. The zero-order valence-corrected chi connectivity index (χ0v) is 11.5. The van der Waals surface area contributed by atoms with Crippen molar-refractivity contribution in [3.05, 3.63) is 34.9 Å². The molecule has 0 amide bonds. The van der Waals surface area contributed by atoms with Crippen molar-refractivity contribution < 1.29 is 4.74 Å². The molecule has 0 aliphatic heterocycles. The number of nitrogens with one attached hydrogen (secondary N) is 1. The van der Waals surface area contributed by atoms with Gasteiger partial charge < -0.3 is 4.74 Å². The van der Waals surface area contributed by atoms with Crippen LogP contribution in [0.4, 0.5) is 0 Å². The van der Waals surface area contributed by atoms with Crippen LogP contribution in [-0.2, 0) is 4.74 Å². The molecule has 1 aromatic rings. The van der Waals surface area contributed by atoms with Crippen molar-refractivity contribution in [2.45, 2.75) is 45.8 Å². The van der Waals surface area contributed by atoms with Crippen molar-refractivity contribution in [2.24, 2.45) is 5.84 Å². The second kappa shape index (κ2) is 5.63. The molecule has 1 aromatic carbocycles. The third-order valence-electron chi connectivity index (χ3n) is 3.25. The fraction of sp³-hybridized carbons (Fsp3) is 0.571. The summed E-state index contributed by atoms with van der Waals surface area (Å²) in [6, 6.07) is 6.55. The van der Waals surface area contributed by atoms with Crippen LogP contribution >= 0.6 is 0 Å². The number of ether oxygens (including phenoxy) is 1. The van der Waals surface area contributed by atoms with Crippen LogP contribution in [0.2, 0.25) is 0 Å². The first kappa shape index (κ1) is 14.2. The van der Waals surface area contributed by atoms with Crippen molar-refractivity contribution in [2.75, 3.05) is 7.11 Å². The highest BCUT2D eigenvalue weighted by Crippen LogP contribution is 2.27. The lowest BCUT2D eigenvalue weighted by Crippen LogP contribution is -2.35. The molecule has 0 saturated heterocycles. The average molecular weight is 236 g/mol. The molecule has 1 rings (SSSR count). The molecule has 1 atom stereocenters. The van der Waals surface area contributed by atoms with E-state index in [1.165, 1.54) is 16.7 Å². The van der Waals surface area contributed by atoms with Gasteiger partial charge in [-0.05, 0) is 45.2 Å². The van der Waals surface area contributed by atoms with Crippen LogP contribution in [0.15, 0.2) is 18.2 Å². The van der Waals surface area contributed by atoms with Crippen LogP contribution in [-0.4, -0.2) is 12.7 Å². The number of methoxy groups -OCH3 is 1. The molecule has 0 aliphatic rings. The van der Waals surface area contributed by atoms with Gasteiger partial charge in [-0.1, -0.05) is 23.8 Å². The summed E-state index contributed by atoms with van der Waals surface area (Å²) in [5, 5.41) is 0. The largest absolute Gasteiger partial charge is 0.379 e. The summed E-state index contributed by atoms with van der Waals surface area (Å²) in [7, 11) is 1.73. The Labute approximate surface area is 104 Å². The molecular formula is C14H24N2O. The van der Waals surface area contributed by atoms with Crippen molar-refractivity contribution in [1.29, 1.82) is 0 Å². The van der Waals surface area contributed by atoms with Crippen molar-refractivity contribution in [3.63, 3.8) is 0 Å². The van der Waals surface area contributed by atoms with E-state index in [1.807, 2.05) is 0 Å². The Hall–Kier alpha value is -0.900. The first-order valence-electron chi connectivity index (χ1n) is 5.98. The Bertz CT molecular complexity index is 374. The van der Waals surface area contributed by atoms with Crippen LogP contribution in [0.5, 0.6) is 0 Å². The number of hydrogen-bond acceptors (Lipinski definition) is 3. The van der Waals surface area contributed by atoms with Crippen LogP contribution in [0.1, 0.15) is 43.0 Å². The van der Waals surface area contributed by atoms with E-state index in [-0.39, 0.29) is 11.6 Å². The van der Waals surface area contributed by atoms with Crippen LogP contribution in [0.25, 0.3) is 0 Å². The summed E-state index contributed by atoms with van der Waals surface area (Å²) in [5.74, 6) is 5.67. The molecule has 1 unspecified atom stereocenters. The third-order valence-corrected chi connectivity index (χ3v) is 3.25. The minimum Gasteiger partial charge on any atom is -0.379 e. The van der Waals surface area contributed by atoms with Crippen LogP contribution < -0.4 is 11.3 Å². The molecule has 0 saturated carbocycles. The SMILES string of the molecule is COC(C)(C)CC(NN)c1ccc(C)cc1C. The molecule has 0 aliphatic carbocycles. The van der Waals surface area contributed by atoms with Gasteiger partial charge in [-0.3, -0.25) is 11.3 Å². The smallest absolute Gasteiger partial charge is 0.0641 e. The summed E-state index contributed by atoms with van der Waals surface area (Å²) in [6.45, 7) is 8.36. The highest BCUT2D eigenvalue weighted by molar-refractivity contribution is 5.32. The molecule has 0 bridgehead atoms. The average Bonchev–Trinajstić information content (AvgIpc) is 2.26. The molecule has 0 radical (unpaired) electrons.